The molecule has 1 aliphatic carbocycles. The van der Waals surface area contributed by atoms with E-state index in [0.717, 1.165) is 45.1 Å². The number of hydrogen-bond acceptors (Lipinski definition) is 3. The van der Waals surface area contributed by atoms with Crippen LogP contribution in [0.2, 0.25) is 0 Å². The van der Waals surface area contributed by atoms with Crippen LogP contribution >= 0.6 is 0 Å². The second-order valence-electron chi connectivity index (χ2n) is 8.47. The van der Waals surface area contributed by atoms with E-state index in [9.17, 15) is 9.90 Å². The van der Waals surface area contributed by atoms with E-state index >= 15 is 0 Å². The molecule has 0 unspecified atom stereocenters. The van der Waals surface area contributed by atoms with Gasteiger partial charge in [0, 0.05) is 10.9 Å². The van der Waals surface area contributed by atoms with E-state index < -0.39 is 11.0 Å². The van der Waals surface area contributed by atoms with Crippen molar-refractivity contribution in [3.8, 4) is 11.3 Å². The molecule has 0 atom stereocenters. The van der Waals surface area contributed by atoms with Crippen LogP contribution in [0.5, 0.6) is 0 Å². The third kappa shape index (κ3) is 2.94. The fraction of sp³-hybridized carbons (Fsp3) is 0.185. The molecule has 0 bridgehead atoms. The molecule has 1 aliphatic rings. The molecular formula is C27H23NO2. The van der Waals surface area contributed by atoms with Gasteiger partial charge in [0.25, 0.3) is 0 Å². The van der Waals surface area contributed by atoms with Crippen LogP contribution in [0, 0.1) is 6.92 Å². The largest absolute Gasteiger partial charge is 0.385 e. The van der Waals surface area contributed by atoms with Crippen molar-refractivity contribution in [3.63, 3.8) is 0 Å². The summed E-state index contributed by atoms with van der Waals surface area (Å²) in [5, 5.41) is 13.3. The first-order valence-electron chi connectivity index (χ1n) is 10.2. The molecule has 30 heavy (non-hydrogen) atoms. The zero-order valence-corrected chi connectivity index (χ0v) is 16.9. The van der Waals surface area contributed by atoms with Crippen LogP contribution in [0.15, 0.2) is 84.9 Å². The minimum atomic E-state index is -1.01. The lowest BCUT2D eigenvalue weighted by Gasteiger charge is -2.50. The highest BCUT2D eigenvalue weighted by Gasteiger charge is 2.57. The molecule has 3 nitrogen and oxygen atoms in total. The molecule has 148 valence electrons. The number of nitrogens with zero attached hydrogens (tertiary/aromatic N) is 1. The van der Waals surface area contributed by atoms with Crippen LogP contribution in [0.4, 0.5) is 0 Å². The number of aromatic nitrogens is 1. The molecule has 1 saturated carbocycles. The molecule has 3 heteroatoms. The van der Waals surface area contributed by atoms with Gasteiger partial charge in [-0.25, -0.2) is 0 Å². The summed E-state index contributed by atoms with van der Waals surface area (Å²) in [6, 6.07) is 28.0. The summed E-state index contributed by atoms with van der Waals surface area (Å²) in [5.41, 5.74) is 2.78. The van der Waals surface area contributed by atoms with Gasteiger partial charge < -0.3 is 9.90 Å². The number of aliphatic hydroxyl groups is 1. The van der Waals surface area contributed by atoms with Crippen LogP contribution in [0.1, 0.15) is 29.7 Å². The molecule has 0 spiro atoms. The van der Waals surface area contributed by atoms with Crippen LogP contribution in [-0.4, -0.2) is 16.4 Å². The Bertz CT molecular complexity index is 1230. The predicted molar refractivity (Wildman–Crippen MR) is 119 cm³/mol. The Morgan fingerprint density at radius 3 is 2.23 bits per heavy atom. The highest BCUT2D eigenvalue weighted by Crippen LogP contribution is 2.55. The predicted octanol–water partition coefficient (Wildman–Crippen LogP) is 5.33. The molecule has 0 amide bonds. The third-order valence-electron chi connectivity index (χ3n) is 6.28. The van der Waals surface area contributed by atoms with Crippen LogP contribution in [0.3, 0.4) is 0 Å². The Hall–Kier alpha value is -3.30. The lowest BCUT2D eigenvalue weighted by Crippen LogP contribution is -2.54. The van der Waals surface area contributed by atoms with Crippen molar-refractivity contribution < 1.29 is 9.90 Å². The lowest BCUT2D eigenvalue weighted by atomic mass is 9.55. The highest BCUT2D eigenvalue weighted by atomic mass is 16.3. The Kier molecular flexibility index (Phi) is 4.30. The van der Waals surface area contributed by atoms with Crippen molar-refractivity contribution in [2.45, 2.75) is 30.8 Å². The minimum absolute atomic E-state index is 0.335. The number of rotatable bonds is 4. The normalized spacial score (nSPS) is 23.1. The van der Waals surface area contributed by atoms with Gasteiger partial charge in [-0.3, -0.25) is 4.98 Å². The molecule has 1 aromatic heterocycles. The van der Waals surface area contributed by atoms with E-state index in [2.05, 4.69) is 24.3 Å². The quantitative estimate of drug-likeness (QED) is 0.477. The molecule has 0 aliphatic heterocycles. The van der Waals surface area contributed by atoms with Crippen LogP contribution in [-0.2, 0) is 15.8 Å². The summed E-state index contributed by atoms with van der Waals surface area (Å²) in [7, 11) is 0. The molecule has 0 radical (unpaired) electrons. The van der Waals surface area contributed by atoms with E-state index in [-0.39, 0.29) is 0 Å². The van der Waals surface area contributed by atoms with Crippen molar-refractivity contribution in [2.75, 3.05) is 0 Å². The first-order chi connectivity index (χ1) is 14.5. The van der Waals surface area contributed by atoms with Gasteiger partial charge in [-0.05, 0) is 42.8 Å². The van der Waals surface area contributed by atoms with Crippen molar-refractivity contribution in [1.82, 2.24) is 4.98 Å². The summed E-state index contributed by atoms with van der Waals surface area (Å²) in [6.45, 7) is 2.04. The molecule has 3 aromatic carbocycles. The first-order valence-corrected chi connectivity index (χ1v) is 10.2. The number of hydrogen-bond donors (Lipinski definition) is 1. The molecule has 1 N–H and O–H groups in total. The number of aldehydes is 1. The zero-order valence-electron chi connectivity index (χ0n) is 16.9. The first kappa shape index (κ1) is 18.7. The maximum atomic E-state index is 12.5. The number of benzene rings is 3. The van der Waals surface area contributed by atoms with Crippen molar-refractivity contribution in [3.05, 3.63) is 102 Å². The van der Waals surface area contributed by atoms with Gasteiger partial charge in [-0.1, -0.05) is 78.4 Å². The monoisotopic (exact) mass is 393 g/mol. The summed E-state index contributed by atoms with van der Waals surface area (Å²) in [5.74, 6) is 0. The minimum Gasteiger partial charge on any atom is -0.385 e. The number of aryl methyl sites for hydroxylation is 1. The molecule has 0 saturated heterocycles. The average molecular weight is 393 g/mol. The molecule has 1 fully saturated rings. The smallest absolute Gasteiger partial charge is 0.132 e. The van der Waals surface area contributed by atoms with Gasteiger partial charge in [0.2, 0.25) is 0 Å². The van der Waals surface area contributed by atoms with Gasteiger partial charge >= 0.3 is 0 Å². The van der Waals surface area contributed by atoms with Gasteiger partial charge in [0.15, 0.2) is 0 Å². The van der Waals surface area contributed by atoms with Gasteiger partial charge in [-0.15, -0.1) is 0 Å². The van der Waals surface area contributed by atoms with Crippen LogP contribution in [0.25, 0.3) is 22.0 Å². The van der Waals surface area contributed by atoms with Crippen molar-refractivity contribution in [2.24, 2.45) is 0 Å². The second kappa shape index (κ2) is 6.89. The summed E-state index contributed by atoms with van der Waals surface area (Å²) >= 11 is 0. The van der Waals surface area contributed by atoms with E-state index in [0.29, 0.717) is 12.8 Å². The standard InChI is InChI=1S/C27H23NO2/c1-19-12-13-21-15-24(20-8-4-2-5-9-20)28-25(23(21)14-19)26(18-29)16-27(30,17-26)22-10-6-3-7-11-22/h2-15,18,30H,16-17H2,1H3. The third-order valence-corrected chi connectivity index (χ3v) is 6.28. The van der Waals surface area contributed by atoms with E-state index in [1.807, 2.05) is 67.6 Å². The van der Waals surface area contributed by atoms with E-state index in [4.69, 9.17) is 4.98 Å². The van der Waals surface area contributed by atoms with Crippen LogP contribution < -0.4 is 0 Å². The maximum Gasteiger partial charge on any atom is 0.132 e. The van der Waals surface area contributed by atoms with E-state index in [1.54, 1.807) is 0 Å². The Morgan fingerprint density at radius 1 is 0.900 bits per heavy atom. The number of carbonyl (C=O) groups is 1. The molecular weight excluding hydrogens is 370 g/mol. The van der Waals surface area contributed by atoms with Crippen molar-refractivity contribution in [1.29, 1.82) is 0 Å². The lowest BCUT2D eigenvalue weighted by molar-refractivity contribution is -0.136. The SMILES string of the molecule is Cc1ccc2cc(-c3ccccc3)nc(C3(C=O)CC(O)(c4ccccc4)C3)c2c1. The van der Waals surface area contributed by atoms with Gasteiger partial charge in [0.1, 0.15) is 6.29 Å². The number of carbonyl (C=O) groups excluding carboxylic acids is 1. The number of pyridine rings is 1. The van der Waals surface area contributed by atoms with Crippen molar-refractivity contribution >= 4 is 17.1 Å². The summed E-state index contributed by atoms with van der Waals surface area (Å²) < 4.78 is 0. The summed E-state index contributed by atoms with van der Waals surface area (Å²) in [6.07, 6.45) is 1.66. The Labute approximate surface area is 176 Å². The number of fused-ring (bicyclic) bond motifs is 1. The topological polar surface area (TPSA) is 50.2 Å². The molecule has 4 aromatic rings. The average Bonchev–Trinajstić information content (AvgIpc) is 2.77. The van der Waals surface area contributed by atoms with Gasteiger partial charge in [0.05, 0.1) is 22.4 Å². The second-order valence-corrected chi connectivity index (χ2v) is 8.47. The van der Waals surface area contributed by atoms with E-state index in [1.165, 1.54) is 0 Å². The molecule has 1 heterocycles. The maximum absolute atomic E-state index is 12.5. The Morgan fingerprint density at radius 2 is 1.57 bits per heavy atom. The highest BCUT2D eigenvalue weighted by molar-refractivity contribution is 5.92. The Balaban J connectivity index is 1.67. The zero-order chi connectivity index (χ0) is 20.8. The fourth-order valence-corrected chi connectivity index (χ4v) is 4.75. The van der Waals surface area contributed by atoms with Gasteiger partial charge in [-0.2, -0.15) is 0 Å². The fourth-order valence-electron chi connectivity index (χ4n) is 4.75. The summed E-state index contributed by atoms with van der Waals surface area (Å²) in [4.78, 5) is 17.4. The molecule has 5 rings (SSSR count).